The minimum Gasteiger partial charge on any atom is -0.345 e. The maximum Gasteiger partial charge on any atom is 0.234 e. The van der Waals surface area contributed by atoms with Gasteiger partial charge in [0.2, 0.25) is 5.91 Å². The van der Waals surface area contributed by atoms with Gasteiger partial charge in [-0.15, -0.1) is 0 Å². The van der Waals surface area contributed by atoms with E-state index < -0.39 is 0 Å². The molecule has 162 valence electrons. The van der Waals surface area contributed by atoms with E-state index in [1.807, 2.05) is 84.6 Å². The molecule has 3 aromatic carbocycles. The van der Waals surface area contributed by atoms with Crippen molar-refractivity contribution < 1.29 is 4.79 Å². The number of benzene rings is 3. The van der Waals surface area contributed by atoms with Crippen LogP contribution in [0.2, 0.25) is 5.02 Å². The molecule has 0 N–H and O–H groups in total. The van der Waals surface area contributed by atoms with E-state index in [0.717, 1.165) is 50.2 Å². The average Bonchev–Trinajstić information content (AvgIpc) is 3.28. The number of carbonyl (C=O) groups excluding carboxylic acids is 1. The van der Waals surface area contributed by atoms with Crippen molar-refractivity contribution in [1.29, 1.82) is 0 Å². The summed E-state index contributed by atoms with van der Waals surface area (Å²) < 4.78 is 1.15. The number of rotatable bonds is 4. The van der Waals surface area contributed by atoms with E-state index in [9.17, 15) is 4.79 Å². The molecule has 1 amide bonds. The van der Waals surface area contributed by atoms with Gasteiger partial charge < -0.3 is 9.80 Å². The predicted octanol–water partition coefficient (Wildman–Crippen LogP) is 5.74. The van der Waals surface area contributed by atoms with Crippen LogP contribution in [-0.2, 0) is 4.79 Å². The second-order valence-corrected chi connectivity index (χ2v) is 9.50. The zero-order chi connectivity index (χ0) is 22.1. The first-order valence-electron chi connectivity index (χ1n) is 10.8. The highest BCUT2D eigenvalue weighted by molar-refractivity contribution is 7.22. The van der Waals surface area contributed by atoms with Gasteiger partial charge in [-0.2, -0.15) is 0 Å². The van der Waals surface area contributed by atoms with E-state index in [-0.39, 0.29) is 11.8 Å². The largest absolute Gasteiger partial charge is 0.345 e. The number of piperazine rings is 1. The van der Waals surface area contributed by atoms with E-state index in [4.69, 9.17) is 16.6 Å². The minimum atomic E-state index is -0.281. The first kappa shape index (κ1) is 21.0. The van der Waals surface area contributed by atoms with E-state index in [1.54, 1.807) is 11.3 Å². The molecule has 1 aliphatic rings. The van der Waals surface area contributed by atoms with Gasteiger partial charge >= 0.3 is 0 Å². The lowest BCUT2D eigenvalue weighted by Crippen LogP contribution is -2.50. The Bertz CT molecular complexity index is 1190. The van der Waals surface area contributed by atoms with Crippen molar-refractivity contribution in [2.24, 2.45) is 0 Å². The summed E-state index contributed by atoms with van der Waals surface area (Å²) in [6.45, 7) is 4.93. The molecule has 0 atom stereocenters. The van der Waals surface area contributed by atoms with Crippen LogP contribution in [0.1, 0.15) is 22.6 Å². The lowest BCUT2D eigenvalue weighted by Gasteiger charge is -2.36. The SMILES string of the molecule is Cc1c(Cl)ccc2sc(N3CCN(C(=O)C(c4ccccc4)c4ccccc4)CC3)nc12. The third kappa shape index (κ3) is 3.98. The lowest BCUT2D eigenvalue weighted by atomic mass is 9.90. The summed E-state index contributed by atoms with van der Waals surface area (Å²) in [7, 11) is 0. The van der Waals surface area contributed by atoms with Crippen LogP contribution in [0.25, 0.3) is 10.2 Å². The molecule has 1 saturated heterocycles. The monoisotopic (exact) mass is 461 g/mol. The summed E-state index contributed by atoms with van der Waals surface area (Å²) in [5.41, 5.74) is 4.06. The van der Waals surface area contributed by atoms with E-state index >= 15 is 0 Å². The summed E-state index contributed by atoms with van der Waals surface area (Å²) in [5, 5.41) is 1.75. The zero-order valence-electron chi connectivity index (χ0n) is 17.9. The number of fused-ring (bicyclic) bond motifs is 1. The predicted molar refractivity (Wildman–Crippen MR) is 133 cm³/mol. The molecule has 2 heterocycles. The molecule has 0 bridgehead atoms. The number of nitrogens with zero attached hydrogens (tertiary/aromatic N) is 3. The zero-order valence-corrected chi connectivity index (χ0v) is 19.4. The minimum absolute atomic E-state index is 0.161. The van der Waals surface area contributed by atoms with Crippen LogP contribution in [0.4, 0.5) is 5.13 Å². The average molecular weight is 462 g/mol. The number of hydrogen-bond acceptors (Lipinski definition) is 4. The number of aromatic nitrogens is 1. The van der Waals surface area contributed by atoms with Gasteiger partial charge in [0.25, 0.3) is 0 Å². The maximum absolute atomic E-state index is 13.6. The third-order valence-electron chi connectivity index (χ3n) is 6.11. The summed E-state index contributed by atoms with van der Waals surface area (Å²) in [4.78, 5) is 22.8. The van der Waals surface area contributed by atoms with Crippen LogP contribution in [0.3, 0.4) is 0 Å². The molecular formula is C26H24ClN3OS. The van der Waals surface area contributed by atoms with Gasteiger partial charge in [0.15, 0.2) is 5.13 Å². The number of aryl methyl sites for hydroxylation is 1. The Labute approximate surface area is 197 Å². The fourth-order valence-corrected chi connectivity index (χ4v) is 5.52. The highest BCUT2D eigenvalue weighted by Crippen LogP contribution is 2.34. The van der Waals surface area contributed by atoms with Crippen molar-refractivity contribution in [3.63, 3.8) is 0 Å². The fourth-order valence-electron chi connectivity index (χ4n) is 4.29. The molecule has 0 spiro atoms. The highest BCUT2D eigenvalue weighted by Gasteiger charge is 2.30. The molecule has 4 aromatic rings. The van der Waals surface area contributed by atoms with Gasteiger partial charge in [-0.1, -0.05) is 83.6 Å². The second kappa shape index (κ2) is 8.93. The Kier molecular flexibility index (Phi) is 5.85. The summed E-state index contributed by atoms with van der Waals surface area (Å²) in [6, 6.07) is 24.1. The van der Waals surface area contributed by atoms with Gasteiger partial charge in [0.1, 0.15) is 0 Å². The highest BCUT2D eigenvalue weighted by atomic mass is 35.5. The number of hydrogen-bond donors (Lipinski definition) is 0. The Morgan fingerprint density at radius 2 is 1.50 bits per heavy atom. The molecule has 0 aliphatic carbocycles. The van der Waals surface area contributed by atoms with Crippen LogP contribution >= 0.6 is 22.9 Å². The van der Waals surface area contributed by atoms with Gasteiger partial charge in [0, 0.05) is 31.2 Å². The quantitative estimate of drug-likeness (QED) is 0.389. The molecule has 0 saturated carbocycles. The van der Waals surface area contributed by atoms with Crippen molar-refractivity contribution in [3.8, 4) is 0 Å². The molecule has 0 radical (unpaired) electrons. The van der Waals surface area contributed by atoms with Crippen molar-refractivity contribution in [2.45, 2.75) is 12.8 Å². The second-order valence-electron chi connectivity index (χ2n) is 8.08. The van der Waals surface area contributed by atoms with Crippen LogP contribution in [0, 0.1) is 6.92 Å². The number of thiazole rings is 1. The smallest absolute Gasteiger partial charge is 0.234 e. The van der Waals surface area contributed by atoms with Gasteiger partial charge in [-0.3, -0.25) is 4.79 Å². The van der Waals surface area contributed by atoms with Gasteiger partial charge in [0.05, 0.1) is 16.1 Å². The topological polar surface area (TPSA) is 36.4 Å². The first-order chi connectivity index (χ1) is 15.6. The van der Waals surface area contributed by atoms with Crippen LogP contribution < -0.4 is 4.90 Å². The first-order valence-corrected chi connectivity index (χ1v) is 12.0. The maximum atomic E-state index is 13.6. The molecule has 1 fully saturated rings. The van der Waals surface area contributed by atoms with E-state index in [0.29, 0.717) is 13.1 Å². The Balaban J connectivity index is 1.35. The van der Waals surface area contributed by atoms with Crippen molar-refractivity contribution >= 4 is 44.2 Å². The Hall–Kier alpha value is -2.89. The van der Waals surface area contributed by atoms with Crippen molar-refractivity contribution in [3.05, 3.63) is 94.5 Å². The lowest BCUT2D eigenvalue weighted by molar-refractivity contribution is -0.132. The number of carbonyl (C=O) groups is 1. The van der Waals surface area contributed by atoms with Crippen molar-refractivity contribution in [2.75, 3.05) is 31.1 Å². The van der Waals surface area contributed by atoms with Gasteiger partial charge in [-0.25, -0.2) is 4.98 Å². The molecule has 4 nitrogen and oxygen atoms in total. The number of amides is 1. The van der Waals surface area contributed by atoms with E-state index in [1.165, 1.54) is 0 Å². The number of halogens is 1. The molecule has 0 unspecified atom stereocenters. The summed E-state index contributed by atoms with van der Waals surface area (Å²) >= 11 is 7.96. The molecule has 6 heteroatoms. The number of anilines is 1. The summed E-state index contributed by atoms with van der Waals surface area (Å²) in [5.74, 6) is -0.120. The molecule has 32 heavy (non-hydrogen) atoms. The van der Waals surface area contributed by atoms with E-state index in [2.05, 4.69) is 4.90 Å². The summed E-state index contributed by atoms with van der Waals surface area (Å²) in [6.07, 6.45) is 0. The van der Waals surface area contributed by atoms with Crippen LogP contribution in [0.5, 0.6) is 0 Å². The third-order valence-corrected chi connectivity index (χ3v) is 7.60. The van der Waals surface area contributed by atoms with Crippen LogP contribution in [0.15, 0.2) is 72.8 Å². The molecule has 5 rings (SSSR count). The normalized spacial score (nSPS) is 14.3. The van der Waals surface area contributed by atoms with Gasteiger partial charge in [-0.05, 0) is 35.7 Å². The molecule has 1 aliphatic heterocycles. The van der Waals surface area contributed by atoms with Crippen molar-refractivity contribution in [1.82, 2.24) is 9.88 Å². The molecule has 1 aromatic heterocycles. The van der Waals surface area contributed by atoms with Crippen LogP contribution in [-0.4, -0.2) is 42.0 Å². The Morgan fingerprint density at radius 3 is 2.09 bits per heavy atom. The standard InChI is InChI=1S/C26H24ClN3OS/c1-18-21(27)12-13-22-24(18)28-26(32-22)30-16-14-29(15-17-30)25(31)23(19-8-4-2-5-9-19)20-10-6-3-7-11-20/h2-13,23H,14-17H2,1H3. The molecular weight excluding hydrogens is 438 g/mol. The fraction of sp³-hybridized carbons (Fsp3) is 0.231. The Morgan fingerprint density at radius 1 is 0.906 bits per heavy atom.